The molecule has 0 bridgehead atoms. The van der Waals surface area contributed by atoms with Crippen LogP contribution in [0.2, 0.25) is 19.6 Å². The van der Waals surface area contributed by atoms with E-state index in [4.69, 9.17) is 4.53 Å². The average Bonchev–Trinajstić information content (AvgIpc) is 2.74. The second-order valence-corrected chi connectivity index (χ2v) is 13.2. The number of rotatable bonds is 6. The average molecular weight is 412 g/mol. The molecule has 0 spiro atoms. The van der Waals surface area contributed by atoms with E-state index in [0.717, 1.165) is 5.69 Å². The van der Waals surface area contributed by atoms with Crippen molar-refractivity contribution < 1.29 is 4.53 Å². The van der Waals surface area contributed by atoms with Gasteiger partial charge in [-0.3, -0.25) is 5.06 Å². The Morgan fingerprint density at radius 2 is 1.33 bits per heavy atom. The highest BCUT2D eigenvalue weighted by atomic mass is 28.4. The topological polar surface area (TPSA) is 12.5 Å². The Hall–Kier alpha value is -2.88. The highest BCUT2D eigenvalue weighted by Gasteiger charge is 2.30. The smallest absolute Gasteiger partial charge is 0.220 e. The van der Waals surface area contributed by atoms with Gasteiger partial charge in [0.25, 0.3) is 0 Å². The Morgan fingerprint density at radius 3 is 2.03 bits per heavy atom. The molecule has 0 aliphatic carbocycles. The van der Waals surface area contributed by atoms with Crippen LogP contribution in [0.15, 0.2) is 97.1 Å². The number of para-hydroxylation sites is 1. The normalized spacial score (nSPS) is 12.7. The van der Waals surface area contributed by atoms with E-state index >= 15 is 0 Å². The maximum atomic E-state index is 6.75. The van der Waals surface area contributed by atoms with Gasteiger partial charge in [0, 0.05) is 0 Å². The van der Waals surface area contributed by atoms with Crippen LogP contribution in [0.5, 0.6) is 0 Å². The van der Waals surface area contributed by atoms with E-state index in [1.165, 1.54) is 27.5 Å². The zero-order chi connectivity index (χ0) is 21.1. The minimum absolute atomic E-state index is 0.0502. The van der Waals surface area contributed by atoms with Gasteiger partial charge < -0.3 is 4.53 Å². The number of nitrogens with zero attached hydrogens (tertiary/aromatic N) is 1. The van der Waals surface area contributed by atoms with Gasteiger partial charge in [-0.05, 0) is 60.6 Å². The molecule has 0 saturated heterocycles. The number of hydroxylamine groups is 1. The van der Waals surface area contributed by atoms with Crippen LogP contribution in [-0.4, -0.2) is 8.32 Å². The third kappa shape index (κ3) is 4.48. The molecule has 0 radical (unpaired) electrons. The Balaban J connectivity index is 1.96. The Labute approximate surface area is 180 Å². The third-order valence-electron chi connectivity index (χ3n) is 5.13. The van der Waals surface area contributed by atoms with Crippen LogP contribution in [0, 0.1) is 6.92 Å². The Kier molecular flexibility index (Phi) is 5.75. The first kappa shape index (κ1) is 20.4. The quantitative estimate of drug-likeness (QED) is 0.240. The number of aryl methyl sites for hydroxylation is 1. The second-order valence-electron chi connectivity index (χ2n) is 8.75. The van der Waals surface area contributed by atoms with Gasteiger partial charge in [0.05, 0.1) is 5.69 Å². The molecule has 1 atom stereocenters. The summed E-state index contributed by atoms with van der Waals surface area (Å²) in [5.41, 5.74) is 4.80. The van der Waals surface area contributed by atoms with Gasteiger partial charge >= 0.3 is 0 Å². The minimum Gasteiger partial charge on any atom is -0.319 e. The predicted octanol–water partition coefficient (Wildman–Crippen LogP) is 7.51. The van der Waals surface area contributed by atoms with E-state index in [-0.39, 0.29) is 6.04 Å². The SMILES string of the molecule is Cc1ccc(C(c2cccc3ccccc23)N(O[Si](C)(C)C)c2ccccc2)cc1. The first-order chi connectivity index (χ1) is 14.4. The minimum atomic E-state index is -1.88. The Bertz CT molecular complexity index is 1110. The maximum Gasteiger partial charge on any atom is 0.220 e. The number of anilines is 1. The van der Waals surface area contributed by atoms with E-state index in [2.05, 4.69) is 129 Å². The molecule has 0 saturated carbocycles. The van der Waals surface area contributed by atoms with Crippen molar-refractivity contribution in [1.29, 1.82) is 0 Å². The van der Waals surface area contributed by atoms with Crippen molar-refractivity contribution in [2.75, 3.05) is 5.06 Å². The van der Waals surface area contributed by atoms with E-state index in [9.17, 15) is 0 Å². The standard InChI is InChI=1S/C27H29NOSi/c1-21-17-19-23(20-18-21)27(26-16-10-12-22-11-8-9-15-25(22)26)28(29-30(2,3)4)24-13-6-5-7-14-24/h5-20,27H,1-4H3. The summed E-state index contributed by atoms with van der Waals surface area (Å²) in [6, 6.07) is 34.4. The fourth-order valence-corrected chi connectivity index (χ4v) is 4.60. The van der Waals surface area contributed by atoms with Crippen LogP contribution < -0.4 is 5.06 Å². The van der Waals surface area contributed by atoms with Gasteiger partial charge in [-0.25, -0.2) is 0 Å². The molecule has 0 aliphatic heterocycles. The van der Waals surface area contributed by atoms with E-state index in [1.807, 2.05) is 0 Å². The van der Waals surface area contributed by atoms with Crippen LogP contribution in [0.4, 0.5) is 5.69 Å². The highest BCUT2D eigenvalue weighted by molar-refractivity contribution is 6.69. The maximum absolute atomic E-state index is 6.75. The molecule has 4 aromatic rings. The van der Waals surface area contributed by atoms with Crippen LogP contribution in [0.1, 0.15) is 22.7 Å². The summed E-state index contributed by atoms with van der Waals surface area (Å²) in [7, 11) is -1.88. The van der Waals surface area contributed by atoms with Crippen LogP contribution >= 0.6 is 0 Å². The molecule has 0 aliphatic rings. The summed E-state index contributed by atoms with van der Waals surface area (Å²) in [4.78, 5) is 0. The monoisotopic (exact) mass is 411 g/mol. The summed E-state index contributed by atoms with van der Waals surface area (Å²) in [5, 5.41) is 4.64. The summed E-state index contributed by atoms with van der Waals surface area (Å²) in [5.74, 6) is 0. The molecule has 0 fully saturated rings. The number of hydrogen-bond donors (Lipinski definition) is 0. The van der Waals surface area contributed by atoms with Crippen molar-refractivity contribution in [3.05, 3.63) is 114 Å². The lowest BCUT2D eigenvalue weighted by atomic mass is 9.92. The Morgan fingerprint density at radius 1 is 0.700 bits per heavy atom. The number of hydrogen-bond acceptors (Lipinski definition) is 2. The molecule has 2 nitrogen and oxygen atoms in total. The molecule has 4 aromatic carbocycles. The first-order valence-corrected chi connectivity index (χ1v) is 13.9. The summed E-state index contributed by atoms with van der Waals surface area (Å²) in [6.45, 7) is 8.83. The van der Waals surface area contributed by atoms with Crippen molar-refractivity contribution >= 4 is 24.8 Å². The van der Waals surface area contributed by atoms with E-state index in [1.54, 1.807) is 0 Å². The zero-order valence-electron chi connectivity index (χ0n) is 18.2. The molecular weight excluding hydrogens is 382 g/mol. The van der Waals surface area contributed by atoms with Crippen LogP contribution in [-0.2, 0) is 4.53 Å². The summed E-state index contributed by atoms with van der Waals surface area (Å²) >= 11 is 0. The molecule has 0 heterocycles. The summed E-state index contributed by atoms with van der Waals surface area (Å²) in [6.07, 6.45) is 0. The number of fused-ring (bicyclic) bond motifs is 1. The van der Waals surface area contributed by atoms with Crippen molar-refractivity contribution in [1.82, 2.24) is 0 Å². The van der Waals surface area contributed by atoms with Gasteiger partial charge in [0.1, 0.15) is 6.04 Å². The van der Waals surface area contributed by atoms with Gasteiger partial charge in [-0.1, -0.05) is 90.5 Å². The van der Waals surface area contributed by atoms with Crippen molar-refractivity contribution in [2.24, 2.45) is 0 Å². The van der Waals surface area contributed by atoms with Gasteiger partial charge in [-0.2, -0.15) is 0 Å². The summed E-state index contributed by atoms with van der Waals surface area (Å²) < 4.78 is 6.75. The predicted molar refractivity (Wildman–Crippen MR) is 130 cm³/mol. The van der Waals surface area contributed by atoms with E-state index < -0.39 is 8.32 Å². The highest BCUT2D eigenvalue weighted by Crippen LogP contribution is 2.38. The van der Waals surface area contributed by atoms with Crippen molar-refractivity contribution in [3.8, 4) is 0 Å². The van der Waals surface area contributed by atoms with Gasteiger partial charge in [-0.15, -0.1) is 0 Å². The number of benzene rings is 4. The zero-order valence-corrected chi connectivity index (χ0v) is 19.2. The van der Waals surface area contributed by atoms with Crippen LogP contribution in [0.25, 0.3) is 10.8 Å². The molecule has 0 aromatic heterocycles. The first-order valence-electron chi connectivity index (χ1n) is 10.5. The lowest BCUT2D eigenvalue weighted by molar-refractivity contribution is 0.249. The molecular formula is C27H29NOSi. The van der Waals surface area contributed by atoms with Crippen molar-refractivity contribution in [3.63, 3.8) is 0 Å². The lowest BCUT2D eigenvalue weighted by Crippen LogP contribution is -2.40. The molecule has 30 heavy (non-hydrogen) atoms. The van der Waals surface area contributed by atoms with Gasteiger partial charge in [0.15, 0.2) is 0 Å². The van der Waals surface area contributed by atoms with Gasteiger partial charge in [0.2, 0.25) is 8.32 Å². The molecule has 4 rings (SSSR count). The third-order valence-corrected chi connectivity index (χ3v) is 5.87. The molecule has 3 heteroatoms. The fourth-order valence-electron chi connectivity index (χ4n) is 3.80. The van der Waals surface area contributed by atoms with Crippen molar-refractivity contribution in [2.45, 2.75) is 32.6 Å². The molecule has 152 valence electrons. The second kappa shape index (κ2) is 8.47. The lowest BCUT2D eigenvalue weighted by Gasteiger charge is -2.38. The molecule has 1 unspecified atom stereocenters. The fraction of sp³-hybridized carbons (Fsp3) is 0.185. The van der Waals surface area contributed by atoms with Crippen LogP contribution in [0.3, 0.4) is 0 Å². The molecule has 0 amide bonds. The van der Waals surface area contributed by atoms with E-state index in [0.29, 0.717) is 0 Å². The largest absolute Gasteiger partial charge is 0.319 e. The molecule has 0 N–H and O–H groups in total.